The maximum Gasteiger partial charge on any atom is 0.268 e. The number of aromatic nitrogens is 2. The van der Waals surface area contributed by atoms with Crippen LogP contribution in [0.1, 0.15) is 46.7 Å². The first kappa shape index (κ1) is 15.0. The Morgan fingerprint density at radius 2 is 2.36 bits per heavy atom. The summed E-state index contributed by atoms with van der Waals surface area (Å²) in [4.78, 5) is 15.5. The van der Waals surface area contributed by atoms with Crippen molar-refractivity contribution in [3.63, 3.8) is 0 Å². The lowest BCUT2D eigenvalue weighted by Gasteiger charge is -2.25. The first-order chi connectivity index (χ1) is 10.7. The van der Waals surface area contributed by atoms with Gasteiger partial charge in [-0.3, -0.25) is 4.79 Å². The van der Waals surface area contributed by atoms with Gasteiger partial charge in [-0.15, -0.1) is 5.10 Å². The van der Waals surface area contributed by atoms with Gasteiger partial charge in [0.2, 0.25) is 0 Å². The molecule has 1 aromatic carbocycles. The molecular formula is C16H19N3O2S. The molecule has 0 radical (unpaired) electrons. The van der Waals surface area contributed by atoms with E-state index in [9.17, 15) is 4.79 Å². The topological polar surface area (TPSA) is 55.3 Å². The number of likely N-dealkylation sites (tertiary alicyclic amines) is 1. The number of benzene rings is 1. The fourth-order valence-electron chi connectivity index (χ4n) is 2.94. The number of methoxy groups -OCH3 is 1. The Morgan fingerprint density at radius 1 is 1.50 bits per heavy atom. The summed E-state index contributed by atoms with van der Waals surface area (Å²) >= 11 is 1.20. The van der Waals surface area contributed by atoms with E-state index in [-0.39, 0.29) is 11.9 Å². The van der Waals surface area contributed by atoms with Crippen molar-refractivity contribution in [1.29, 1.82) is 0 Å². The third kappa shape index (κ3) is 2.70. The summed E-state index contributed by atoms with van der Waals surface area (Å²) in [6.07, 6.45) is 2.73. The fourth-order valence-corrected chi connectivity index (χ4v) is 3.64. The minimum Gasteiger partial charge on any atom is -0.497 e. The molecule has 1 amide bonds. The molecule has 22 heavy (non-hydrogen) atoms. The Labute approximate surface area is 134 Å². The molecule has 0 saturated carbocycles. The first-order valence-electron chi connectivity index (χ1n) is 7.50. The van der Waals surface area contributed by atoms with Crippen LogP contribution in [0.4, 0.5) is 0 Å². The van der Waals surface area contributed by atoms with Crippen LogP contribution in [0.5, 0.6) is 5.75 Å². The van der Waals surface area contributed by atoms with Crippen molar-refractivity contribution in [1.82, 2.24) is 14.5 Å². The summed E-state index contributed by atoms with van der Waals surface area (Å²) in [5, 5.41) is 4.05. The second kappa shape index (κ2) is 6.44. The van der Waals surface area contributed by atoms with E-state index in [1.165, 1.54) is 11.5 Å². The van der Waals surface area contributed by atoms with Gasteiger partial charge < -0.3 is 9.64 Å². The molecule has 1 aliphatic rings. The summed E-state index contributed by atoms with van der Waals surface area (Å²) in [6.45, 7) is 2.78. The molecule has 6 heteroatoms. The third-order valence-electron chi connectivity index (χ3n) is 4.08. The van der Waals surface area contributed by atoms with Crippen molar-refractivity contribution in [3.8, 4) is 5.75 Å². The average Bonchev–Trinajstić information content (AvgIpc) is 3.23. The number of aryl methyl sites for hydroxylation is 1. The van der Waals surface area contributed by atoms with Gasteiger partial charge >= 0.3 is 0 Å². The quantitative estimate of drug-likeness (QED) is 0.869. The third-order valence-corrected chi connectivity index (χ3v) is 4.83. The lowest BCUT2D eigenvalue weighted by Crippen LogP contribution is -2.30. The molecule has 1 saturated heterocycles. The Morgan fingerprint density at radius 3 is 3.14 bits per heavy atom. The predicted molar refractivity (Wildman–Crippen MR) is 85.3 cm³/mol. The van der Waals surface area contributed by atoms with Crippen LogP contribution < -0.4 is 4.74 Å². The molecule has 0 spiro atoms. The van der Waals surface area contributed by atoms with E-state index < -0.39 is 0 Å². The zero-order valence-corrected chi connectivity index (χ0v) is 13.6. The molecular weight excluding hydrogens is 298 g/mol. The van der Waals surface area contributed by atoms with Crippen LogP contribution in [0.2, 0.25) is 0 Å². The maximum atomic E-state index is 12.9. The van der Waals surface area contributed by atoms with Crippen molar-refractivity contribution in [2.45, 2.75) is 32.2 Å². The normalized spacial score (nSPS) is 17.7. The fraction of sp³-hybridized carbons (Fsp3) is 0.438. The predicted octanol–water partition coefficient (Wildman–Crippen LogP) is 3.09. The molecule has 1 unspecified atom stereocenters. The number of carbonyl (C=O) groups excluding carboxylic acids is 1. The van der Waals surface area contributed by atoms with Gasteiger partial charge in [0.05, 0.1) is 18.8 Å². The molecule has 0 N–H and O–H groups in total. The van der Waals surface area contributed by atoms with Crippen molar-refractivity contribution in [2.75, 3.05) is 13.7 Å². The molecule has 1 aliphatic heterocycles. The van der Waals surface area contributed by atoms with E-state index in [1.807, 2.05) is 30.0 Å². The van der Waals surface area contributed by atoms with Crippen molar-refractivity contribution >= 4 is 17.4 Å². The molecule has 2 aromatic rings. The highest BCUT2D eigenvalue weighted by atomic mass is 32.1. The minimum absolute atomic E-state index is 0.0529. The van der Waals surface area contributed by atoms with Crippen LogP contribution in [-0.2, 0) is 6.42 Å². The summed E-state index contributed by atoms with van der Waals surface area (Å²) in [7, 11) is 1.66. The van der Waals surface area contributed by atoms with Crippen LogP contribution in [-0.4, -0.2) is 34.0 Å². The average molecular weight is 317 g/mol. The van der Waals surface area contributed by atoms with Gasteiger partial charge in [0.25, 0.3) is 5.91 Å². The zero-order valence-electron chi connectivity index (χ0n) is 12.8. The van der Waals surface area contributed by atoms with E-state index in [2.05, 4.69) is 15.7 Å². The van der Waals surface area contributed by atoms with Gasteiger partial charge in [-0.2, -0.15) is 0 Å². The Bertz CT molecular complexity index is 671. The maximum absolute atomic E-state index is 12.9. The Hall–Kier alpha value is -1.95. The van der Waals surface area contributed by atoms with Gasteiger partial charge in [-0.05, 0) is 48.5 Å². The van der Waals surface area contributed by atoms with Gasteiger partial charge in [0.15, 0.2) is 0 Å². The van der Waals surface area contributed by atoms with Crippen LogP contribution in [0, 0.1) is 0 Å². The molecule has 2 heterocycles. The molecule has 1 fully saturated rings. The Balaban J connectivity index is 1.88. The molecule has 5 nitrogen and oxygen atoms in total. The van der Waals surface area contributed by atoms with E-state index >= 15 is 0 Å². The van der Waals surface area contributed by atoms with Crippen molar-refractivity contribution in [2.24, 2.45) is 0 Å². The summed E-state index contributed by atoms with van der Waals surface area (Å²) in [5.74, 6) is 0.877. The zero-order chi connectivity index (χ0) is 15.5. The monoisotopic (exact) mass is 317 g/mol. The SMILES string of the molecule is CCc1nnsc1C(=O)N1CCCC1c1cccc(OC)c1. The molecule has 0 aliphatic carbocycles. The van der Waals surface area contributed by atoms with E-state index in [4.69, 9.17) is 4.74 Å². The molecule has 3 rings (SSSR count). The summed E-state index contributed by atoms with van der Waals surface area (Å²) < 4.78 is 9.23. The summed E-state index contributed by atoms with van der Waals surface area (Å²) in [6, 6.07) is 8.08. The van der Waals surface area contributed by atoms with Gasteiger partial charge in [-0.25, -0.2) is 0 Å². The van der Waals surface area contributed by atoms with Crippen molar-refractivity contribution in [3.05, 3.63) is 40.4 Å². The van der Waals surface area contributed by atoms with E-state index in [0.717, 1.165) is 42.8 Å². The number of carbonyl (C=O) groups is 1. The highest BCUT2D eigenvalue weighted by molar-refractivity contribution is 7.08. The number of nitrogens with zero attached hydrogens (tertiary/aromatic N) is 3. The molecule has 1 aromatic heterocycles. The number of hydrogen-bond donors (Lipinski definition) is 0. The number of amides is 1. The van der Waals surface area contributed by atoms with Crippen LogP contribution in [0.25, 0.3) is 0 Å². The van der Waals surface area contributed by atoms with E-state index in [0.29, 0.717) is 4.88 Å². The molecule has 116 valence electrons. The van der Waals surface area contributed by atoms with Crippen LogP contribution in [0.15, 0.2) is 24.3 Å². The Kier molecular flexibility index (Phi) is 4.38. The van der Waals surface area contributed by atoms with Crippen LogP contribution in [0.3, 0.4) is 0 Å². The van der Waals surface area contributed by atoms with Gasteiger partial charge in [0.1, 0.15) is 10.6 Å². The first-order valence-corrected chi connectivity index (χ1v) is 8.28. The molecule has 0 bridgehead atoms. The second-order valence-corrected chi connectivity index (χ2v) is 6.09. The lowest BCUT2D eigenvalue weighted by molar-refractivity contribution is 0.0739. The number of ether oxygens (including phenoxy) is 1. The van der Waals surface area contributed by atoms with Gasteiger partial charge in [0, 0.05) is 6.54 Å². The summed E-state index contributed by atoms with van der Waals surface area (Å²) in [5.41, 5.74) is 1.92. The lowest BCUT2D eigenvalue weighted by atomic mass is 10.0. The van der Waals surface area contributed by atoms with Crippen LogP contribution >= 0.6 is 11.5 Å². The standard InChI is InChI=1S/C16H19N3O2S/c1-3-13-15(22-18-17-13)16(20)19-9-5-8-14(19)11-6-4-7-12(10-11)21-2/h4,6-7,10,14H,3,5,8-9H2,1-2H3. The number of hydrogen-bond acceptors (Lipinski definition) is 5. The molecule has 1 atom stereocenters. The van der Waals surface area contributed by atoms with Gasteiger partial charge in [-0.1, -0.05) is 23.5 Å². The largest absolute Gasteiger partial charge is 0.497 e. The van der Waals surface area contributed by atoms with Crippen molar-refractivity contribution < 1.29 is 9.53 Å². The van der Waals surface area contributed by atoms with E-state index in [1.54, 1.807) is 7.11 Å². The smallest absolute Gasteiger partial charge is 0.268 e. The minimum atomic E-state index is 0.0529. The second-order valence-electron chi connectivity index (χ2n) is 5.34. The highest BCUT2D eigenvalue weighted by Crippen LogP contribution is 2.35. The highest BCUT2D eigenvalue weighted by Gasteiger charge is 2.32. The number of rotatable bonds is 4.